The molecule has 1 N–H and O–H groups in total. The van der Waals surface area contributed by atoms with E-state index in [0.717, 1.165) is 13.0 Å². The average molecular weight is 209 g/mol. The fourth-order valence-electron chi connectivity index (χ4n) is 1.70. The SMILES string of the molecule is CSc1ccccc1CC1CNCO1. The van der Waals surface area contributed by atoms with Crippen LogP contribution in [0.1, 0.15) is 5.56 Å². The van der Waals surface area contributed by atoms with Crippen LogP contribution in [0.3, 0.4) is 0 Å². The first-order chi connectivity index (χ1) is 6.90. The molecule has 0 aromatic heterocycles. The van der Waals surface area contributed by atoms with Crippen LogP contribution >= 0.6 is 11.8 Å². The maximum Gasteiger partial charge on any atom is 0.0970 e. The molecule has 0 radical (unpaired) electrons. The summed E-state index contributed by atoms with van der Waals surface area (Å²) in [6, 6.07) is 8.54. The van der Waals surface area contributed by atoms with E-state index in [0.29, 0.717) is 12.8 Å². The van der Waals surface area contributed by atoms with Crippen LogP contribution in [0.5, 0.6) is 0 Å². The van der Waals surface area contributed by atoms with Gasteiger partial charge in [-0.2, -0.15) is 0 Å². The minimum absolute atomic E-state index is 0.350. The minimum atomic E-state index is 0.350. The molecule has 0 aliphatic carbocycles. The zero-order valence-electron chi connectivity index (χ0n) is 8.32. The summed E-state index contributed by atoms with van der Waals surface area (Å²) in [5.41, 5.74) is 1.40. The molecule has 1 unspecified atom stereocenters. The van der Waals surface area contributed by atoms with Crippen LogP contribution in [0.4, 0.5) is 0 Å². The Bertz CT molecular complexity index is 297. The third-order valence-corrected chi connectivity index (χ3v) is 3.27. The van der Waals surface area contributed by atoms with Crippen molar-refractivity contribution in [2.45, 2.75) is 17.4 Å². The molecular weight excluding hydrogens is 194 g/mol. The Morgan fingerprint density at radius 3 is 3.07 bits per heavy atom. The lowest BCUT2D eigenvalue weighted by molar-refractivity contribution is 0.113. The summed E-state index contributed by atoms with van der Waals surface area (Å²) in [6.45, 7) is 1.68. The van der Waals surface area contributed by atoms with Crippen molar-refractivity contribution in [1.82, 2.24) is 5.32 Å². The quantitative estimate of drug-likeness (QED) is 0.768. The number of nitrogens with one attached hydrogen (secondary N) is 1. The third-order valence-electron chi connectivity index (χ3n) is 2.43. The number of ether oxygens (including phenoxy) is 1. The third kappa shape index (κ3) is 2.29. The highest BCUT2D eigenvalue weighted by Crippen LogP contribution is 2.22. The normalized spacial score (nSPS) is 21.4. The van der Waals surface area contributed by atoms with E-state index in [1.807, 2.05) is 0 Å². The first-order valence-electron chi connectivity index (χ1n) is 4.84. The standard InChI is InChI=1S/C11H15NOS/c1-14-11-5-3-2-4-9(11)6-10-7-12-8-13-10/h2-5,10,12H,6-8H2,1H3. The van der Waals surface area contributed by atoms with E-state index in [1.54, 1.807) is 11.8 Å². The second-order valence-corrected chi connectivity index (χ2v) is 4.25. The van der Waals surface area contributed by atoms with Crippen LogP contribution in [0.15, 0.2) is 29.2 Å². The lowest BCUT2D eigenvalue weighted by Gasteiger charge is -2.11. The van der Waals surface area contributed by atoms with Gasteiger partial charge in [-0.05, 0) is 17.9 Å². The molecule has 1 aliphatic heterocycles. The summed E-state index contributed by atoms with van der Waals surface area (Å²) in [6.07, 6.45) is 3.49. The van der Waals surface area contributed by atoms with Crippen LogP contribution in [0.2, 0.25) is 0 Å². The Kier molecular flexibility index (Phi) is 3.45. The van der Waals surface area contributed by atoms with Gasteiger partial charge in [0.15, 0.2) is 0 Å². The largest absolute Gasteiger partial charge is 0.361 e. The van der Waals surface area contributed by atoms with Gasteiger partial charge in [0, 0.05) is 17.9 Å². The molecule has 0 spiro atoms. The molecule has 1 atom stereocenters. The maximum atomic E-state index is 5.54. The van der Waals surface area contributed by atoms with Crippen LogP contribution in [0, 0.1) is 0 Å². The topological polar surface area (TPSA) is 21.3 Å². The van der Waals surface area contributed by atoms with Gasteiger partial charge in [0.05, 0.1) is 12.8 Å². The fraction of sp³-hybridized carbons (Fsp3) is 0.455. The Morgan fingerprint density at radius 1 is 1.50 bits per heavy atom. The second kappa shape index (κ2) is 4.82. The van der Waals surface area contributed by atoms with Gasteiger partial charge in [-0.25, -0.2) is 0 Å². The van der Waals surface area contributed by atoms with E-state index >= 15 is 0 Å². The first-order valence-corrected chi connectivity index (χ1v) is 6.07. The number of benzene rings is 1. The van der Waals surface area contributed by atoms with Gasteiger partial charge in [-0.15, -0.1) is 11.8 Å². The van der Waals surface area contributed by atoms with Crippen molar-refractivity contribution < 1.29 is 4.74 Å². The van der Waals surface area contributed by atoms with Gasteiger partial charge in [-0.1, -0.05) is 18.2 Å². The summed E-state index contributed by atoms with van der Waals surface area (Å²) < 4.78 is 5.54. The van der Waals surface area contributed by atoms with Crippen molar-refractivity contribution in [2.24, 2.45) is 0 Å². The molecule has 1 aliphatic rings. The summed E-state index contributed by atoms with van der Waals surface area (Å²) in [5, 5.41) is 3.20. The number of hydrogen-bond acceptors (Lipinski definition) is 3. The molecule has 1 heterocycles. The lowest BCUT2D eigenvalue weighted by Crippen LogP contribution is -2.16. The molecule has 3 heteroatoms. The fourth-order valence-corrected chi connectivity index (χ4v) is 2.33. The van der Waals surface area contributed by atoms with Crippen molar-refractivity contribution >= 4 is 11.8 Å². The van der Waals surface area contributed by atoms with Crippen molar-refractivity contribution in [3.63, 3.8) is 0 Å². The van der Waals surface area contributed by atoms with E-state index in [9.17, 15) is 0 Å². The monoisotopic (exact) mass is 209 g/mol. The molecule has 2 rings (SSSR count). The summed E-state index contributed by atoms with van der Waals surface area (Å²) in [5.74, 6) is 0. The van der Waals surface area contributed by atoms with E-state index in [1.165, 1.54) is 10.5 Å². The van der Waals surface area contributed by atoms with Crippen molar-refractivity contribution in [3.8, 4) is 0 Å². The Labute approximate surface area is 89.0 Å². The molecule has 76 valence electrons. The second-order valence-electron chi connectivity index (χ2n) is 3.40. The van der Waals surface area contributed by atoms with Crippen LogP contribution < -0.4 is 5.32 Å². The average Bonchev–Trinajstić information content (AvgIpc) is 2.71. The lowest BCUT2D eigenvalue weighted by atomic mass is 10.1. The van der Waals surface area contributed by atoms with E-state index < -0.39 is 0 Å². The molecular formula is C11H15NOS. The number of hydrogen-bond donors (Lipinski definition) is 1. The maximum absolute atomic E-state index is 5.54. The van der Waals surface area contributed by atoms with Gasteiger partial charge >= 0.3 is 0 Å². The zero-order chi connectivity index (χ0) is 9.80. The van der Waals surface area contributed by atoms with E-state index in [4.69, 9.17) is 4.74 Å². The zero-order valence-corrected chi connectivity index (χ0v) is 9.14. The minimum Gasteiger partial charge on any atom is -0.361 e. The molecule has 1 aromatic rings. The van der Waals surface area contributed by atoms with Gasteiger partial charge in [-0.3, -0.25) is 5.32 Å². The van der Waals surface area contributed by atoms with Gasteiger partial charge in [0.1, 0.15) is 0 Å². The van der Waals surface area contributed by atoms with Crippen molar-refractivity contribution in [3.05, 3.63) is 29.8 Å². The predicted molar refractivity (Wildman–Crippen MR) is 59.7 cm³/mol. The Morgan fingerprint density at radius 2 is 2.36 bits per heavy atom. The number of thioether (sulfide) groups is 1. The van der Waals surface area contributed by atoms with Gasteiger partial charge < -0.3 is 4.74 Å². The molecule has 1 saturated heterocycles. The molecule has 0 amide bonds. The highest BCUT2D eigenvalue weighted by Gasteiger charge is 2.16. The predicted octanol–water partition coefficient (Wildman–Crippen LogP) is 1.90. The number of rotatable bonds is 3. The van der Waals surface area contributed by atoms with Crippen molar-refractivity contribution in [2.75, 3.05) is 19.5 Å². The molecule has 14 heavy (non-hydrogen) atoms. The molecule has 2 nitrogen and oxygen atoms in total. The van der Waals surface area contributed by atoms with Crippen molar-refractivity contribution in [1.29, 1.82) is 0 Å². The van der Waals surface area contributed by atoms with Crippen LogP contribution in [-0.4, -0.2) is 25.6 Å². The smallest absolute Gasteiger partial charge is 0.0970 e. The van der Waals surface area contributed by atoms with Gasteiger partial charge in [0.25, 0.3) is 0 Å². The molecule has 1 aromatic carbocycles. The van der Waals surface area contributed by atoms with E-state index in [-0.39, 0.29) is 0 Å². The first kappa shape index (κ1) is 10.0. The Balaban J connectivity index is 2.07. The van der Waals surface area contributed by atoms with E-state index in [2.05, 4.69) is 35.8 Å². The highest BCUT2D eigenvalue weighted by molar-refractivity contribution is 7.98. The van der Waals surface area contributed by atoms with Crippen LogP contribution in [0.25, 0.3) is 0 Å². The van der Waals surface area contributed by atoms with Gasteiger partial charge in [0.2, 0.25) is 0 Å². The summed E-state index contributed by atoms with van der Waals surface area (Å²) in [4.78, 5) is 1.36. The molecule has 0 saturated carbocycles. The molecule has 1 fully saturated rings. The van der Waals surface area contributed by atoms with Crippen LogP contribution in [-0.2, 0) is 11.2 Å². The molecule has 0 bridgehead atoms. The Hall–Kier alpha value is -0.510. The summed E-state index contributed by atoms with van der Waals surface area (Å²) >= 11 is 1.80. The summed E-state index contributed by atoms with van der Waals surface area (Å²) in [7, 11) is 0. The highest BCUT2D eigenvalue weighted by atomic mass is 32.2.